The first-order valence-electron chi connectivity index (χ1n) is 7.02. The van der Waals surface area contributed by atoms with Gasteiger partial charge in [0.05, 0.1) is 24.7 Å². The minimum absolute atomic E-state index is 0.606. The molecule has 4 nitrogen and oxygen atoms in total. The van der Waals surface area contributed by atoms with Crippen molar-refractivity contribution in [3.63, 3.8) is 0 Å². The summed E-state index contributed by atoms with van der Waals surface area (Å²) in [7, 11) is 0. The predicted octanol–water partition coefficient (Wildman–Crippen LogP) is 3.01. The van der Waals surface area contributed by atoms with Crippen LogP contribution in [-0.4, -0.2) is 28.4 Å². The minimum atomic E-state index is 0.606. The van der Waals surface area contributed by atoms with Crippen molar-refractivity contribution < 1.29 is 4.74 Å². The lowest BCUT2D eigenvalue weighted by molar-refractivity contribution is 0.109. The fraction of sp³-hybridized carbons (Fsp3) is 0.714. The number of nitrogens with zero attached hydrogens (tertiary/aromatic N) is 2. The number of hydrogen-bond acceptors (Lipinski definition) is 5. The maximum Gasteiger partial charge on any atom is 0.140 e. The zero-order valence-corrected chi connectivity index (χ0v) is 12.8. The highest BCUT2D eigenvalue weighted by Crippen LogP contribution is 2.24. The Balaban J connectivity index is 2.20. The second-order valence-corrected chi connectivity index (χ2v) is 6.57. The quantitative estimate of drug-likeness (QED) is 0.868. The molecule has 0 amide bonds. The lowest BCUT2D eigenvalue weighted by Gasteiger charge is -2.20. The zero-order chi connectivity index (χ0) is 13.7. The Morgan fingerprint density at radius 2 is 2.21 bits per heavy atom. The largest absolute Gasteiger partial charge is 0.376 e. The molecule has 1 aromatic rings. The van der Waals surface area contributed by atoms with Crippen LogP contribution in [0.4, 0.5) is 5.82 Å². The molecular formula is C14H23N3OS. The van der Waals surface area contributed by atoms with Gasteiger partial charge in [-0.1, -0.05) is 20.8 Å². The molecule has 5 heteroatoms. The van der Waals surface area contributed by atoms with Crippen LogP contribution in [0.5, 0.6) is 0 Å². The molecule has 0 saturated heterocycles. The molecule has 2 heterocycles. The maximum atomic E-state index is 5.53. The summed E-state index contributed by atoms with van der Waals surface area (Å²) in [4.78, 5) is 9.37. The molecule has 0 unspecified atom stereocenters. The highest BCUT2D eigenvalue weighted by atomic mass is 32.2. The van der Waals surface area contributed by atoms with E-state index in [1.165, 1.54) is 5.69 Å². The molecule has 19 heavy (non-hydrogen) atoms. The summed E-state index contributed by atoms with van der Waals surface area (Å²) >= 11 is 1.88. The Hall–Kier alpha value is -0.810. The maximum absolute atomic E-state index is 5.53. The van der Waals surface area contributed by atoms with Crippen molar-refractivity contribution in [2.24, 2.45) is 0 Å². The van der Waals surface area contributed by atoms with Gasteiger partial charge in [-0.2, -0.15) is 11.8 Å². The summed E-state index contributed by atoms with van der Waals surface area (Å²) in [6, 6.07) is 0. The van der Waals surface area contributed by atoms with E-state index in [1.54, 1.807) is 0 Å². The van der Waals surface area contributed by atoms with E-state index in [0.717, 1.165) is 49.0 Å². The number of fused-ring (bicyclic) bond motifs is 1. The average molecular weight is 281 g/mol. The second-order valence-electron chi connectivity index (χ2n) is 5.00. The summed E-state index contributed by atoms with van der Waals surface area (Å²) in [5, 5.41) is 4.02. The van der Waals surface area contributed by atoms with Crippen LogP contribution >= 0.6 is 11.8 Å². The molecule has 0 fully saturated rings. The molecule has 0 aliphatic carbocycles. The van der Waals surface area contributed by atoms with Crippen molar-refractivity contribution in [2.75, 3.05) is 18.5 Å². The number of nitrogens with one attached hydrogen (secondary N) is 1. The number of aromatic nitrogens is 2. The van der Waals surface area contributed by atoms with E-state index in [1.807, 2.05) is 11.8 Å². The van der Waals surface area contributed by atoms with E-state index < -0.39 is 0 Å². The number of rotatable bonds is 6. The van der Waals surface area contributed by atoms with Crippen LogP contribution in [0.25, 0.3) is 0 Å². The van der Waals surface area contributed by atoms with Gasteiger partial charge in [0.25, 0.3) is 0 Å². The van der Waals surface area contributed by atoms with Gasteiger partial charge in [0.2, 0.25) is 0 Å². The summed E-state index contributed by atoms with van der Waals surface area (Å²) < 4.78 is 5.53. The molecule has 0 atom stereocenters. The molecule has 0 saturated carbocycles. The van der Waals surface area contributed by atoms with Gasteiger partial charge in [-0.25, -0.2) is 9.97 Å². The lowest BCUT2D eigenvalue weighted by Crippen LogP contribution is -2.18. The number of hydrogen-bond donors (Lipinski definition) is 1. The van der Waals surface area contributed by atoms with Crippen LogP contribution < -0.4 is 5.32 Å². The second kappa shape index (κ2) is 7.10. The first-order chi connectivity index (χ1) is 9.20. The Bertz CT molecular complexity index is 423. The van der Waals surface area contributed by atoms with Crippen molar-refractivity contribution in [3.8, 4) is 0 Å². The molecule has 1 N–H and O–H groups in total. The predicted molar refractivity (Wildman–Crippen MR) is 80.6 cm³/mol. The van der Waals surface area contributed by atoms with Crippen LogP contribution in [0.15, 0.2) is 0 Å². The van der Waals surface area contributed by atoms with Crippen molar-refractivity contribution in [3.05, 3.63) is 17.1 Å². The third-order valence-corrected chi connectivity index (χ3v) is 4.05. The smallest absolute Gasteiger partial charge is 0.140 e. The number of anilines is 1. The van der Waals surface area contributed by atoms with Gasteiger partial charge in [0.15, 0.2) is 0 Å². The van der Waals surface area contributed by atoms with E-state index in [-0.39, 0.29) is 0 Å². The van der Waals surface area contributed by atoms with Gasteiger partial charge in [-0.15, -0.1) is 0 Å². The van der Waals surface area contributed by atoms with Gasteiger partial charge in [-0.3, -0.25) is 0 Å². The molecule has 1 aliphatic rings. The van der Waals surface area contributed by atoms with E-state index in [4.69, 9.17) is 9.72 Å². The van der Waals surface area contributed by atoms with E-state index in [2.05, 4.69) is 31.1 Å². The van der Waals surface area contributed by atoms with Gasteiger partial charge in [0.1, 0.15) is 11.6 Å². The van der Waals surface area contributed by atoms with Crippen molar-refractivity contribution >= 4 is 17.6 Å². The summed E-state index contributed by atoms with van der Waals surface area (Å²) in [6.45, 7) is 8.92. The van der Waals surface area contributed by atoms with Crippen LogP contribution in [0.2, 0.25) is 0 Å². The Labute approximate surface area is 119 Å². The number of thioether (sulfide) groups is 1. The van der Waals surface area contributed by atoms with E-state index >= 15 is 0 Å². The topological polar surface area (TPSA) is 47.0 Å². The van der Waals surface area contributed by atoms with Crippen molar-refractivity contribution in [2.45, 2.75) is 51.2 Å². The lowest BCUT2D eigenvalue weighted by atomic mass is 10.1. The molecule has 1 aromatic heterocycles. The van der Waals surface area contributed by atoms with Crippen LogP contribution in [0.1, 0.15) is 44.3 Å². The fourth-order valence-electron chi connectivity index (χ4n) is 1.98. The van der Waals surface area contributed by atoms with Crippen molar-refractivity contribution in [1.82, 2.24) is 9.97 Å². The molecule has 2 rings (SSSR count). The normalized spacial score (nSPS) is 14.5. The average Bonchev–Trinajstić information content (AvgIpc) is 2.42. The summed E-state index contributed by atoms with van der Waals surface area (Å²) in [5.41, 5.74) is 2.32. The zero-order valence-electron chi connectivity index (χ0n) is 12.0. The molecule has 0 bridgehead atoms. The first kappa shape index (κ1) is 14.6. The van der Waals surface area contributed by atoms with Crippen LogP contribution in [0.3, 0.4) is 0 Å². The van der Waals surface area contributed by atoms with Gasteiger partial charge < -0.3 is 10.1 Å². The first-order valence-corrected chi connectivity index (χ1v) is 8.07. The van der Waals surface area contributed by atoms with E-state index in [0.29, 0.717) is 11.9 Å². The minimum Gasteiger partial charge on any atom is -0.376 e. The molecule has 0 aromatic carbocycles. The third-order valence-electron chi connectivity index (χ3n) is 2.96. The molecule has 0 radical (unpaired) electrons. The Morgan fingerprint density at radius 3 is 2.95 bits per heavy atom. The van der Waals surface area contributed by atoms with Gasteiger partial charge >= 0.3 is 0 Å². The summed E-state index contributed by atoms with van der Waals surface area (Å²) in [5.74, 6) is 2.80. The van der Waals surface area contributed by atoms with E-state index in [9.17, 15) is 0 Å². The highest BCUT2D eigenvalue weighted by Gasteiger charge is 2.18. The Morgan fingerprint density at radius 1 is 1.37 bits per heavy atom. The molecule has 1 aliphatic heterocycles. The third kappa shape index (κ3) is 4.08. The SMILES string of the molecule is CCCNc1nc(CSC(C)C)nc2c1COCC2. The van der Waals surface area contributed by atoms with Crippen LogP contribution in [-0.2, 0) is 23.5 Å². The summed E-state index contributed by atoms with van der Waals surface area (Å²) in [6.07, 6.45) is 1.99. The Kier molecular flexibility index (Phi) is 5.45. The molecule has 0 spiro atoms. The molecular weight excluding hydrogens is 258 g/mol. The molecule has 106 valence electrons. The standard InChI is InChI=1S/C14H23N3OS/c1-4-6-15-14-11-8-18-7-5-12(11)16-13(17-14)9-19-10(2)3/h10H,4-9H2,1-3H3,(H,15,16,17). The van der Waals surface area contributed by atoms with Crippen LogP contribution in [0, 0.1) is 0 Å². The number of ether oxygens (including phenoxy) is 1. The fourth-order valence-corrected chi connectivity index (χ4v) is 2.59. The van der Waals surface area contributed by atoms with Crippen molar-refractivity contribution in [1.29, 1.82) is 0 Å². The monoisotopic (exact) mass is 281 g/mol. The van der Waals surface area contributed by atoms with Gasteiger partial charge in [-0.05, 0) is 11.7 Å². The van der Waals surface area contributed by atoms with Gasteiger partial charge in [0, 0.05) is 18.5 Å². The highest BCUT2D eigenvalue weighted by molar-refractivity contribution is 7.99.